The van der Waals surface area contributed by atoms with Crippen molar-refractivity contribution in [2.75, 3.05) is 19.7 Å². The average molecular weight is 396 g/mol. The lowest BCUT2D eigenvalue weighted by atomic mass is 10.1. The first-order valence-electron chi connectivity index (χ1n) is 8.66. The summed E-state index contributed by atoms with van der Waals surface area (Å²) in [6.45, 7) is 3.88. The van der Waals surface area contributed by atoms with Crippen LogP contribution in [0.3, 0.4) is 0 Å². The summed E-state index contributed by atoms with van der Waals surface area (Å²) in [5.74, 6) is 1.31. The highest BCUT2D eigenvalue weighted by molar-refractivity contribution is 5.85. The second kappa shape index (κ2) is 8.01. The monoisotopic (exact) mass is 395 g/mol. The average Bonchev–Trinajstić information content (AvgIpc) is 3.25. The standard InChI is InChI=1S/C19H21N3O2.2ClH/c1-2-17-19(20-7-1)24-18(12-23-17)14-5-3-13(4-6-14)10-22-11-15-8-16(22)9-21-15;;/h1-7,15-16,18,21H,8-12H2;2*1H/t15-,16-,18+;;/m0../s1. The molecule has 3 aliphatic rings. The summed E-state index contributed by atoms with van der Waals surface area (Å²) in [5, 5.41) is 3.55. The van der Waals surface area contributed by atoms with Gasteiger partial charge in [-0.3, -0.25) is 4.90 Å². The number of fused-ring (bicyclic) bond motifs is 3. The Balaban J connectivity index is 0.000000980. The van der Waals surface area contributed by atoms with Gasteiger partial charge in [0.25, 0.3) is 5.88 Å². The van der Waals surface area contributed by atoms with Crippen molar-refractivity contribution in [3.05, 3.63) is 53.7 Å². The minimum absolute atomic E-state index is 0. The summed E-state index contributed by atoms with van der Waals surface area (Å²) in [6.07, 6.45) is 2.94. The van der Waals surface area contributed by atoms with E-state index in [2.05, 4.69) is 39.5 Å². The van der Waals surface area contributed by atoms with Gasteiger partial charge >= 0.3 is 0 Å². The highest BCUT2D eigenvalue weighted by Crippen LogP contribution is 2.34. The molecule has 0 spiro atoms. The van der Waals surface area contributed by atoms with Crippen LogP contribution in [-0.2, 0) is 6.54 Å². The van der Waals surface area contributed by atoms with Crippen molar-refractivity contribution < 1.29 is 9.47 Å². The van der Waals surface area contributed by atoms with E-state index in [0.717, 1.165) is 24.4 Å². The summed E-state index contributed by atoms with van der Waals surface area (Å²) >= 11 is 0. The normalized spacial score (nSPS) is 26.1. The third kappa shape index (κ3) is 3.62. The lowest BCUT2D eigenvalue weighted by Gasteiger charge is -2.28. The first-order chi connectivity index (χ1) is 11.8. The molecule has 0 radical (unpaired) electrons. The quantitative estimate of drug-likeness (QED) is 0.865. The highest BCUT2D eigenvalue weighted by atomic mass is 35.5. The number of rotatable bonds is 3. The zero-order valence-electron chi connectivity index (χ0n) is 14.3. The number of nitrogens with one attached hydrogen (secondary N) is 1. The van der Waals surface area contributed by atoms with Gasteiger partial charge in [-0.05, 0) is 29.7 Å². The number of nitrogens with zero attached hydrogens (tertiary/aromatic N) is 2. The predicted octanol–water partition coefficient (Wildman–Crippen LogP) is 2.98. The van der Waals surface area contributed by atoms with Gasteiger partial charge in [0.15, 0.2) is 11.9 Å². The molecule has 1 aromatic carbocycles. The molecule has 5 nitrogen and oxygen atoms in total. The van der Waals surface area contributed by atoms with Crippen LogP contribution in [0.2, 0.25) is 0 Å². The third-order valence-electron chi connectivity index (χ3n) is 5.29. The van der Waals surface area contributed by atoms with Gasteiger partial charge in [-0.2, -0.15) is 0 Å². The van der Waals surface area contributed by atoms with Crippen molar-refractivity contribution >= 4 is 24.8 Å². The number of halogens is 2. The molecule has 2 fully saturated rings. The second-order valence-corrected chi connectivity index (χ2v) is 6.89. The van der Waals surface area contributed by atoms with Gasteiger partial charge in [-0.25, -0.2) is 4.98 Å². The Morgan fingerprint density at radius 1 is 1.15 bits per heavy atom. The van der Waals surface area contributed by atoms with Crippen LogP contribution in [0.25, 0.3) is 0 Å². The molecule has 0 aliphatic carbocycles. The van der Waals surface area contributed by atoms with Crippen LogP contribution in [0.1, 0.15) is 23.7 Å². The van der Waals surface area contributed by atoms with Crippen molar-refractivity contribution in [1.29, 1.82) is 0 Å². The Morgan fingerprint density at radius 2 is 2.00 bits per heavy atom. The maximum absolute atomic E-state index is 5.98. The van der Waals surface area contributed by atoms with E-state index in [1.54, 1.807) is 6.20 Å². The Labute approximate surface area is 165 Å². The van der Waals surface area contributed by atoms with Crippen molar-refractivity contribution in [2.24, 2.45) is 0 Å². The number of ether oxygens (including phenoxy) is 2. The molecular formula is C19H23Cl2N3O2. The Kier molecular flexibility index (Phi) is 5.92. The molecule has 2 bridgehead atoms. The number of benzene rings is 1. The number of hydrogen-bond donors (Lipinski definition) is 1. The van der Waals surface area contributed by atoms with Gasteiger partial charge in [-0.15, -0.1) is 24.8 Å². The third-order valence-corrected chi connectivity index (χ3v) is 5.29. The Morgan fingerprint density at radius 3 is 2.73 bits per heavy atom. The molecule has 1 N–H and O–H groups in total. The largest absolute Gasteiger partial charge is 0.484 e. The molecular weight excluding hydrogens is 373 g/mol. The molecule has 3 atom stereocenters. The molecule has 3 aliphatic heterocycles. The fraction of sp³-hybridized carbons (Fsp3) is 0.421. The van der Waals surface area contributed by atoms with E-state index in [1.165, 1.54) is 18.5 Å². The summed E-state index contributed by atoms with van der Waals surface area (Å²) in [6, 6.07) is 13.9. The minimum atomic E-state index is -0.0894. The zero-order valence-corrected chi connectivity index (χ0v) is 16.0. The molecule has 0 unspecified atom stereocenters. The molecule has 0 saturated carbocycles. The molecule has 1 aromatic heterocycles. The summed E-state index contributed by atoms with van der Waals surface area (Å²) < 4.78 is 11.7. The van der Waals surface area contributed by atoms with Crippen molar-refractivity contribution in [3.8, 4) is 11.6 Å². The maximum Gasteiger partial charge on any atom is 0.257 e. The Hall–Kier alpha value is -1.53. The van der Waals surface area contributed by atoms with Crippen LogP contribution >= 0.6 is 24.8 Å². The lowest BCUT2D eigenvalue weighted by Crippen LogP contribution is -2.42. The topological polar surface area (TPSA) is 46.6 Å². The van der Waals surface area contributed by atoms with Crippen LogP contribution < -0.4 is 14.8 Å². The first-order valence-corrected chi connectivity index (χ1v) is 8.66. The van der Waals surface area contributed by atoms with E-state index in [0.29, 0.717) is 24.6 Å². The fourth-order valence-electron chi connectivity index (χ4n) is 3.99. The van der Waals surface area contributed by atoms with Crippen molar-refractivity contribution in [3.63, 3.8) is 0 Å². The summed E-state index contributed by atoms with van der Waals surface area (Å²) in [7, 11) is 0. The Bertz CT molecular complexity index is 744. The minimum Gasteiger partial charge on any atom is -0.484 e. The first kappa shape index (κ1) is 19.2. The number of likely N-dealkylation sites (tertiary alicyclic amines) is 1. The molecule has 26 heavy (non-hydrogen) atoms. The zero-order chi connectivity index (χ0) is 15.9. The predicted molar refractivity (Wildman–Crippen MR) is 105 cm³/mol. The van der Waals surface area contributed by atoms with Gasteiger partial charge < -0.3 is 14.8 Å². The molecule has 2 saturated heterocycles. The van der Waals surface area contributed by atoms with Crippen LogP contribution in [0.15, 0.2) is 42.6 Å². The fourth-order valence-corrected chi connectivity index (χ4v) is 3.99. The van der Waals surface area contributed by atoms with Crippen LogP contribution in [0.4, 0.5) is 0 Å². The van der Waals surface area contributed by atoms with Crippen LogP contribution in [0.5, 0.6) is 11.6 Å². The molecule has 4 heterocycles. The van der Waals surface area contributed by atoms with E-state index in [4.69, 9.17) is 9.47 Å². The number of piperazine rings is 1. The van der Waals surface area contributed by atoms with Gasteiger partial charge in [0.1, 0.15) is 6.61 Å². The molecule has 5 rings (SSSR count). The van der Waals surface area contributed by atoms with Gasteiger partial charge in [0.2, 0.25) is 0 Å². The highest BCUT2D eigenvalue weighted by Gasteiger charge is 2.37. The number of hydrogen-bond acceptors (Lipinski definition) is 5. The smallest absolute Gasteiger partial charge is 0.257 e. The van der Waals surface area contributed by atoms with E-state index in [-0.39, 0.29) is 30.9 Å². The van der Waals surface area contributed by atoms with Crippen molar-refractivity contribution in [2.45, 2.75) is 31.2 Å². The second-order valence-electron chi connectivity index (χ2n) is 6.89. The lowest BCUT2D eigenvalue weighted by molar-refractivity contribution is 0.0850. The summed E-state index contributed by atoms with van der Waals surface area (Å²) in [5.41, 5.74) is 2.50. The number of pyridine rings is 1. The van der Waals surface area contributed by atoms with Crippen LogP contribution in [0, 0.1) is 0 Å². The summed E-state index contributed by atoms with van der Waals surface area (Å²) in [4.78, 5) is 6.84. The van der Waals surface area contributed by atoms with E-state index >= 15 is 0 Å². The number of aromatic nitrogens is 1. The maximum atomic E-state index is 5.98. The molecule has 7 heteroatoms. The van der Waals surface area contributed by atoms with E-state index in [1.807, 2.05) is 12.1 Å². The van der Waals surface area contributed by atoms with E-state index < -0.39 is 0 Å². The molecule has 140 valence electrons. The van der Waals surface area contributed by atoms with Gasteiger partial charge in [0.05, 0.1) is 0 Å². The van der Waals surface area contributed by atoms with Gasteiger partial charge in [0, 0.05) is 37.9 Å². The SMILES string of the molecule is Cl.Cl.c1cnc2c(c1)OC[C@H](c1ccc(CN3C[C@@H]4C[C@H]3CN4)cc1)O2. The molecule has 0 amide bonds. The van der Waals surface area contributed by atoms with Gasteiger partial charge in [-0.1, -0.05) is 24.3 Å². The van der Waals surface area contributed by atoms with Crippen molar-refractivity contribution in [1.82, 2.24) is 15.2 Å². The van der Waals surface area contributed by atoms with Crippen LogP contribution in [-0.4, -0.2) is 41.7 Å². The molecule has 2 aromatic rings. The van der Waals surface area contributed by atoms with E-state index in [9.17, 15) is 0 Å².